The minimum absolute atomic E-state index is 0.0411. The third-order valence-corrected chi connectivity index (χ3v) is 4.98. The molecule has 0 atom stereocenters. The van der Waals surface area contributed by atoms with Crippen LogP contribution in [0.2, 0.25) is 10.0 Å². The van der Waals surface area contributed by atoms with Crippen molar-refractivity contribution in [2.45, 2.75) is 26.8 Å². The Kier molecular flexibility index (Phi) is 6.61. The molecular formula is C23H22Cl2N2O. The van der Waals surface area contributed by atoms with Gasteiger partial charge in [-0.1, -0.05) is 47.5 Å². The summed E-state index contributed by atoms with van der Waals surface area (Å²) in [5.74, 6) is -0.0411. The maximum atomic E-state index is 12.4. The third kappa shape index (κ3) is 5.51. The largest absolute Gasteiger partial charge is 0.381 e. The van der Waals surface area contributed by atoms with Crippen molar-refractivity contribution in [3.05, 3.63) is 93.0 Å². The van der Waals surface area contributed by atoms with Crippen LogP contribution in [-0.2, 0) is 17.8 Å². The van der Waals surface area contributed by atoms with Gasteiger partial charge in [-0.3, -0.25) is 4.79 Å². The second-order valence-electron chi connectivity index (χ2n) is 6.82. The van der Waals surface area contributed by atoms with E-state index in [9.17, 15) is 4.79 Å². The number of benzene rings is 3. The monoisotopic (exact) mass is 412 g/mol. The molecule has 2 N–H and O–H groups in total. The molecule has 3 rings (SSSR count). The number of hydrogen-bond acceptors (Lipinski definition) is 2. The summed E-state index contributed by atoms with van der Waals surface area (Å²) in [6, 6.07) is 19.1. The first-order chi connectivity index (χ1) is 13.4. The van der Waals surface area contributed by atoms with Gasteiger partial charge < -0.3 is 10.6 Å². The van der Waals surface area contributed by atoms with Gasteiger partial charge in [-0.25, -0.2) is 0 Å². The zero-order valence-electron chi connectivity index (χ0n) is 15.9. The normalized spacial score (nSPS) is 10.6. The third-order valence-electron chi connectivity index (χ3n) is 4.48. The summed E-state index contributed by atoms with van der Waals surface area (Å²) < 4.78 is 0. The highest BCUT2D eigenvalue weighted by atomic mass is 35.5. The van der Waals surface area contributed by atoms with Gasteiger partial charge in [0.1, 0.15) is 0 Å². The molecule has 0 spiro atoms. The van der Waals surface area contributed by atoms with Crippen molar-refractivity contribution >= 4 is 40.5 Å². The summed E-state index contributed by atoms with van der Waals surface area (Å²) in [6.07, 6.45) is 0.315. The highest BCUT2D eigenvalue weighted by Gasteiger charge is 2.10. The van der Waals surface area contributed by atoms with Crippen LogP contribution in [0.4, 0.5) is 11.4 Å². The van der Waals surface area contributed by atoms with E-state index in [1.165, 1.54) is 0 Å². The van der Waals surface area contributed by atoms with Crippen molar-refractivity contribution in [3.8, 4) is 0 Å². The molecule has 0 saturated carbocycles. The molecule has 28 heavy (non-hydrogen) atoms. The Balaban J connectivity index is 1.64. The molecule has 144 valence electrons. The molecule has 0 radical (unpaired) electrons. The van der Waals surface area contributed by atoms with E-state index in [1.807, 2.05) is 50.2 Å². The quantitative estimate of drug-likeness (QED) is 0.491. The molecule has 0 fully saturated rings. The van der Waals surface area contributed by atoms with Gasteiger partial charge in [-0.2, -0.15) is 0 Å². The fourth-order valence-electron chi connectivity index (χ4n) is 3.10. The van der Waals surface area contributed by atoms with Crippen molar-refractivity contribution in [1.29, 1.82) is 0 Å². The zero-order chi connectivity index (χ0) is 20.1. The van der Waals surface area contributed by atoms with E-state index in [0.717, 1.165) is 38.7 Å². The van der Waals surface area contributed by atoms with E-state index in [-0.39, 0.29) is 5.91 Å². The first-order valence-corrected chi connectivity index (χ1v) is 9.80. The molecule has 0 aliphatic carbocycles. The maximum absolute atomic E-state index is 12.4. The summed E-state index contributed by atoms with van der Waals surface area (Å²) in [5, 5.41) is 7.81. The molecule has 3 aromatic carbocycles. The molecule has 0 heterocycles. The van der Waals surface area contributed by atoms with Gasteiger partial charge >= 0.3 is 0 Å². The topological polar surface area (TPSA) is 41.1 Å². The Labute approximate surface area is 175 Å². The average Bonchev–Trinajstić information content (AvgIpc) is 2.66. The fourth-order valence-corrected chi connectivity index (χ4v) is 3.35. The highest BCUT2D eigenvalue weighted by Crippen LogP contribution is 2.24. The number of halogens is 2. The lowest BCUT2D eigenvalue weighted by atomic mass is 10.0. The summed E-state index contributed by atoms with van der Waals surface area (Å²) in [5.41, 5.74) is 6.05. The molecule has 0 aliphatic rings. The van der Waals surface area contributed by atoms with Gasteiger partial charge in [0.2, 0.25) is 5.91 Å². The standard InChI is InChI=1S/C23H22Cl2N2O/c1-15-11-18(14-26-21-9-7-20(25)8-10-21)12-16(2)23(15)27-22(28)13-17-3-5-19(24)6-4-17/h3-12,26H,13-14H2,1-2H3,(H,27,28). The SMILES string of the molecule is Cc1cc(CNc2ccc(Cl)cc2)cc(C)c1NC(=O)Cc1ccc(Cl)cc1. The van der Waals surface area contributed by atoms with E-state index >= 15 is 0 Å². The lowest BCUT2D eigenvalue weighted by Gasteiger charge is -2.15. The molecule has 0 saturated heterocycles. The smallest absolute Gasteiger partial charge is 0.228 e. The van der Waals surface area contributed by atoms with Crippen molar-refractivity contribution in [3.63, 3.8) is 0 Å². The van der Waals surface area contributed by atoms with Crippen LogP contribution in [0.15, 0.2) is 60.7 Å². The van der Waals surface area contributed by atoms with Crippen LogP contribution in [0.25, 0.3) is 0 Å². The number of anilines is 2. The Morgan fingerprint density at radius 2 is 1.36 bits per heavy atom. The van der Waals surface area contributed by atoms with Crippen LogP contribution in [0, 0.1) is 13.8 Å². The predicted molar refractivity (Wildman–Crippen MR) is 118 cm³/mol. The van der Waals surface area contributed by atoms with E-state index in [4.69, 9.17) is 23.2 Å². The Morgan fingerprint density at radius 3 is 1.93 bits per heavy atom. The van der Waals surface area contributed by atoms with Gasteiger partial charge in [0.25, 0.3) is 0 Å². The number of rotatable bonds is 6. The highest BCUT2D eigenvalue weighted by molar-refractivity contribution is 6.30. The number of aryl methyl sites for hydroxylation is 2. The second-order valence-corrected chi connectivity index (χ2v) is 7.69. The van der Waals surface area contributed by atoms with Gasteiger partial charge in [-0.15, -0.1) is 0 Å². The number of amides is 1. The van der Waals surface area contributed by atoms with Crippen molar-refractivity contribution < 1.29 is 4.79 Å². The van der Waals surface area contributed by atoms with E-state index in [1.54, 1.807) is 12.1 Å². The second kappa shape index (κ2) is 9.13. The average molecular weight is 413 g/mol. The molecule has 1 amide bonds. The van der Waals surface area contributed by atoms with Crippen LogP contribution in [0.1, 0.15) is 22.3 Å². The summed E-state index contributed by atoms with van der Waals surface area (Å²) in [7, 11) is 0. The molecule has 5 heteroatoms. The van der Waals surface area contributed by atoms with Gasteiger partial charge in [0.15, 0.2) is 0 Å². The van der Waals surface area contributed by atoms with Crippen LogP contribution in [0.5, 0.6) is 0 Å². The summed E-state index contributed by atoms with van der Waals surface area (Å²) >= 11 is 11.8. The molecule has 3 nitrogen and oxygen atoms in total. The van der Waals surface area contributed by atoms with Crippen molar-refractivity contribution in [1.82, 2.24) is 0 Å². The summed E-state index contributed by atoms with van der Waals surface area (Å²) in [6.45, 7) is 4.72. The number of carbonyl (C=O) groups excluding carboxylic acids is 1. The van der Waals surface area contributed by atoms with Crippen molar-refractivity contribution in [2.24, 2.45) is 0 Å². The molecule has 0 unspecified atom stereocenters. The molecular weight excluding hydrogens is 391 g/mol. The Hall–Kier alpha value is -2.49. The molecule has 0 bridgehead atoms. The number of hydrogen-bond donors (Lipinski definition) is 2. The van der Waals surface area contributed by atoms with Gasteiger partial charge in [0, 0.05) is 28.0 Å². The molecule has 0 aliphatic heterocycles. The minimum Gasteiger partial charge on any atom is -0.381 e. The molecule has 0 aromatic heterocycles. The lowest BCUT2D eigenvalue weighted by molar-refractivity contribution is -0.115. The first kappa shape index (κ1) is 20.2. The number of carbonyl (C=O) groups is 1. The minimum atomic E-state index is -0.0411. The predicted octanol–water partition coefficient (Wildman–Crippen LogP) is 6.40. The van der Waals surface area contributed by atoms with E-state index in [0.29, 0.717) is 18.0 Å². The first-order valence-electron chi connectivity index (χ1n) is 9.04. The Bertz CT molecular complexity index is 944. The zero-order valence-corrected chi connectivity index (χ0v) is 17.4. The number of nitrogens with one attached hydrogen (secondary N) is 2. The summed E-state index contributed by atoms with van der Waals surface area (Å²) in [4.78, 5) is 12.4. The van der Waals surface area contributed by atoms with Gasteiger partial charge in [0.05, 0.1) is 6.42 Å². The molecule has 3 aromatic rings. The Morgan fingerprint density at radius 1 is 0.821 bits per heavy atom. The van der Waals surface area contributed by atoms with Crippen LogP contribution in [-0.4, -0.2) is 5.91 Å². The van der Waals surface area contributed by atoms with E-state index in [2.05, 4.69) is 22.8 Å². The van der Waals surface area contributed by atoms with Crippen LogP contribution >= 0.6 is 23.2 Å². The van der Waals surface area contributed by atoms with Crippen LogP contribution in [0.3, 0.4) is 0 Å². The van der Waals surface area contributed by atoms with Crippen molar-refractivity contribution in [2.75, 3.05) is 10.6 Å². The van der Waals surface area contributed by atoms with Crippen LogP contribution < -0.4 is 10.6 Å². The van der Waals surface area contributed by atoms with E-state index < -0.39 is 0 Å². The maximum Gasteiger partial charge on any atom is 0.228 e. The fraction of sp³-hybridized carbons (Fsp3) is 0.174. The van der Waals surface area contributed by atoms with Gasteiger partial charge in [-0.05, 0) is 72.5 Å². The lowest BCUT2D eigenvalue weighted by Crippen LogP contribution is -2.16.